The average Bonchev–Trinajstić information content (AvgIpc) is 2.89. The summed E-state index contributed by atoms with van der Waals surface area (Å²) in [5, 5.41) is 8.87. The first-order valence-corrected chi connectivity index (χ1v) is 8.82. The number of carboxylic acids is 1. The number of sulfonamides is 1. The smallest absolute Gasteiger partial charge is 0.425 e. The van der Waals surface area contributed by atoms with Crippen molar-refractivity contribution in [2.45, 2.75) is 42.1 Å². The third-order valence-electron chi connectivity index (χ3n) is 3.52. The summed E-state index contributed by atoms with van der Waals surface area (Å²) in [7, 11) is -4.02. The van der Waals surface area contributed by atoms with E-state index in [2.05, 4.69) is 4.72 Å². The van der Waals surface area contributed by atoms with E-state index in [9.17, 15) is 26.4 Å². The molecule has 10 heteroatoms. The van der Waals surface area contributed by atoms with E-state index in [1.54, 1.807) is 0 Å². The lowest BCUT2D eigenvalue weighted by Crippen LogP contribution is -2.38. The maximum atomic E-state index is 12.5. The standard InChI is InChI=1S/C12H14F3NO4S2/c13-12(14,15)9-5-6-10(21-9)22(19,20)16-8-3-1-7(2-4-8)11(17)18/h5-8,16H,1-4H2,(H,17,18). The van der Waals surface area contributed by atoms with Gasteiger partial charge in [0.05, 0.1) is 5.92 Å². The Labute approximate surface area is 129 Å². The highest BCUT2D eigenvalue weighted by Gasteiger charge is 2.35. The van der Waals surface area contributed by atoms with Crippen molar-refractivity contribution < 1.29 is 31.5 Å². The quantitative estimate of drug-likeness (QED) is 0.868. The van der Waals surface area contributed by atoms with Crippen LogP contribution in [0, 0.1) is 5.92 Å². The summed E-state index contributed by atoms with van der Waals surface area (Å²) < 4.78 is 63.6. The summed E-state index contributed by atoms with van der Waals surface area (Å²) in [5.74, 6) is -1.39. The highest BCUT2D eigenvalue weighted by molar-refractivity contribution is 7.91. The van der Waals surface area contributed by atoms with Crippen LogP contribution >= 0.6 is 11.3 Å². The molecule has 1 aromatic rings. The molecule has 5 nitrogen and oxygen atoms in total. The Bertz CT molecular complexity index is 646. The highest BCUT2D eigenvalue weighted by atomic mass is 32.2. The first-order valence-electron chi connectivity index (χ1n) is 6.52. The number of alkyl halides is 3. The fourth-order valence-corrected chi connectivity index (χ4v) is 4.85. The van der Waals surface area contributed by atoms with Gasteiger partial charge in [-0.25, -0.2) is 13.1 Å². The van der Waals surface area contributed by atoms with Crippen molar-refractivity contribution >= 4 is 27.3 Å². The van der Waals surface area contributed by atoms with Crippen LogP contribution in [-0.2, 0) is 21.0 Å². The van der Waals surface area contributed by atoms with Gasteiger partial charge in [0.1, 0.15) is 9.09 Å². The van der Waals surface area contributed by atoms with Crippen molar-refractivity contribution in [1.29, 1.82) is 0 Å². The first-order chi connectivity index (χ1) is 10.1. The van der Waals surface area contributed by atoms with Crippen LogP contribution in [0.5, 0.6) is 0 Å². The number of thiophene rings is 1. The van der Waals surface area contributed by atoms with Crippen LogP contribution in [0.4, 0.5) is 13.2 Å². The number of carbonyl (C=O) groups is 1. The van der Waals surface area contributed by atoms with E-state index in [0.717, 1.165) is 12.1 Å². The van der Waals surface area contributed by atoms with Gasteiger partial charge in [-0.05, 0) is 37.8 Å². The van der Waals surface area contributed by atoms with Crippen molar-refractivity contribution in [2.75, 3.05) is 0 Å². The van der Waals surface area contributed by atoms with Crippen LogP contribution in [0.15, 0.2) is 16.3 Å². The molecule has 2 N–H and O–H groups in total. The molecule has 0 spiro atoms. The molecule has 1 fully saturated rings. The van der Waals surface area contributed by atoms with Crippen LogP contribution in [-0.4, -0.2) is 25.5 Å². The van der Waals surface area contributed by atoms with E-state index < -0.39 is 39.0 Å². The van der Waals surface area contributed by atoms with Crippen molar-refractivity contribution in [1.82, 2.24) is 4.72 Å². The van der Waals surface area contributed by atoms with Crippen LogP contribution in [0.3, 0.4) is 0 Å². The van der Waals surface area contributed by atoms with Crippen LogP contribution in [0.25, 0.3) is 0 Å². The predicted octanol–water partition coefficient (Wildman–Crippen LogP) is 2.69. The summed E-state index contributed by atoms with van der Waals surface area (Å²) >= 11 is 0.171. The number of hydrogen-bond acceptors (Lipinski definition) is 4. The number of aliphatic carboxylic acids is 1. The van der Waals surface area contributed by atoms with E-state index in [1.165, 1.54) is 0 Å². The summed E-state index contributed by atoms with van der Waals surface area (Å²) in [6.45, 7) is 0. The number of carboxylic acid groups (broad SMARTS) is 1. The SMILES string of the molecule is O=C(O)C1CCC(NS(=O)(=O)c2ccc(C(F)(F)F)s2)CC1. The zero-order valence-corrected chi connectivity index (χ0v) is 12.9. The molecular weight excluding hydrogens is 343 g/mol. The Morgan fingerprint density at radius 3 is 2.27 bits per heavy atom. The second-order valence-electron chi connectivity index (χ2n) is 5.12. The van der Waals surface area contributed by atoms with Gasteiger partial charge in [-0.1, -0.05) is 0 Å². The van der Waals surface area contributed by atoms with Gasteiger partial charge in [-0.15, -0.1) is 11.3 Å². The van der Waals surface area contributed by atoms with Crippen molar-refractivity contribution in [3.63, 3.8) is 0 Å². The fraction of sp³-hybridized carbons (Fsp3) is 0.583. The lowest BCUT2D eigenvalue weighted by atomic mass is 9.87. The van der Waals surface area contributed by atoms with Gasteiger partial charge in [0.15, 0.2) is 0 Å². The van der Waals surface area contributed by atoms with Gasteiger partial charge < -0.3 is 5.11 Å². The molecule has 0 aliphatic heterocycles. The fourth-order valence-electron chi connectivity index (χ4n) is 2.35. The maximum absolute atomic E-state index is 12.5. The Kier molecular flexibility index (Phi) is 4.83. The molecule has 0 saturated heterocycles. The molecule has 2 rings (SSSR count). The topological polar surface area (TPSA) is 83.5 Å². The lowest BCUT2D eigenvalue weighted by Gasteiger charge is -2.26. The summed E-state index contributed by atoms with van der Waals surface area (Å²) in [5.41, 5.74) is 0. The van der Waals surface area contributed by atoms with E-state index in [1.807, 2.05) is 0 Å². The molecule has 0 bridgehead atoms. The number of hydrogen-bond donors (Lipinski definition) is 2. The van der Waals surface area contributed by atoms with Gasteiger partial charge in [-0.3, -0.25) is 4.79 Å². The Balaban J connectivity index is 2.03. The molecule has 1 aliphatic rings. The highest BCUT2D eigenvalue weighted by Crippen LogP contribution is 2.36. The molecule has 1 heterocycles. The second kappa shape index (κ2) is 6.17. The molecule has 22 heavy (non-hydrogen) atoms. The molecule has 0 radical (unpaired) electrons. The van der Waals surface area contributed by atoms with E-state index >= 15 is 0 Å². The first kappa shape index (κ1) is 17.2. The zero-order valence-electron chi connectivity index (χ0n) is 11.3. The molecule has 1 saturated carbocycles. The largest absolute Gasteiger partial charge is 0.481 e. The lowest BCUT2D eigenvalue weighted by molar-refractivity contribution is -0.142. The van der Waals surface area contributed by atoms with Crippen molar-refractivity contribution in [2.24, 2.45) is 5.92 Å². The predicted molar refractivity (Wildman–Crippen MR) is 73.0 cm³/mol. The molecule has 0 unspecified atom stereocenters. The van der Waals surface area contributed by atoms with E-state index in [-0.39, 0.29) is 15.5 Å². The van der Waals surface area contributed by atoms with Gasteiger partial charge in [0, 0.05) is 6.04 Å². The number of halogens is 3. The van der Waals surface area contributed by atoms with Crippen molar-refractivity contribution in [3.8, 4) is 0 Å². The molecular formula is C12H14F3NO4S2. The van der Waals surface area contributed by atoms with Crippen LogP contribution in [0.2, 0.25) is 0 Å². The monoisotopic (exact) mass is 357 g/mol. The Morgan fingerprint density at radius 2 is 1.82 bits per heavy atom. The van der Waals surface area contributed by atoms with Gasteiger partial charge in [0.25, 0.3) is 0 Å². The molecule has 1 aliphatic carbocycles. The van der Waals surface area contributed by atoms with Crippen LogP contribution in [0.1, 0.15) is 30.6 Å². The average molecular weight is 357 g/mol. The number of nitrogens with one attached hydrogen (secondary N) is 1. The normalized spacial score (nSPS) is 23.4. The Morgan fingerprint density at radius 1 is 1.23 bits per heavy atom. The molecule has 0 aromatic carbocycles. The van der Waals surface area contributed by atoms with E-state index in [0.29, 0.717) is 25.7 Å². The van der Waals surface area contributed by atoms with Gasteiger partial charge in [-0.2, -0.15) is 13.2 Å². The van der Waals surface area contributed by atoms with Crippen LogP contribution < -0.4 is 4.72 Å². The minimum Gasteiger partial charge on any atom is -0.481 e. The molecule has 124 valence electrons. The van der Waals surface area contributed by atoms with E-state index in [4.69, 9.17) is 5.11 Å². The number of rotatable bonds is 4. The molecule has 1 aromatic heterocycles. The van der Waals surface area contributed by atoms with Gasteiger partial charge >= 0.3 is 12.1 Å². The minimum absolute atomic E-state index is 0.171. The molecule has 0 amide bonds. The zero-order chi connectivity index (χ0) is 16.5. The van der Waals surface area contributed by atoms with Gasteiger partial charge in [0.2, 0.25) is 10.0 Å². The summed E-state index contributed by atoms with van der Waals surface area (Å²) in [4.78, 5) is 9.85. The third-order valence-corrected chi connectivity index (χ3v) is 6.67. The summed E-state index contributed by atoms with van der Waals surface area (Å²) in [6.07, 6.45) is -3.17. The molecule has 0 atom stereocenters. The minimum atomic E-state index is -4.57. The third kappa shape index (κ3) is 3.99. The Hall–Kier alpha value is -1.13. The van der Waals surface area contributed by atoms with Crippen molar-refractivity contribution in [3.05, 3.63) is 17.0 Å². The maximum Gasteiger partial charge on any atom is 0.425 e. The second-order valence-corrected chi connectivity index (χ2v) is 8.15. The summed E-state index contributed by atoms with van der Waals surface area (Å²) in [6, 6.07) is 1.22.